The topological polar surface area (TPSA) is 59.9 Å². The van der Waals surface area contributed by atoms with E-state index in [1.54, 1.807) is 42.6 Å². The van der Waals surface area contributed by atoms with Crippen LogP contribution >= 0.6 is 39.1 Å². The third-order valence-electron chi connectivity index (χ3n) is 4.32. The van der Waals surface area contributed by atoms with Gasteiger partial charge in [-0.05, 0) is 82.5 Å². The van der Waals surface area contributed by atoms with Gasteiger partial charge >= 0.3 is 0 Å². The van der Waals surface area contributed by atoms with E-state index in [9.17, 15) is 4.79 Å². The van der Waals surface area contributed by atoms with Crippen molar-refractivity contribution in [1.29, 1.82) is 0 Å². The molecule has 0 atom stereocenters. The first-order chi connectivity index (χ1) is 15.5. The Morgan fingerprint density at radius 2 is 1.84 bits per heavy atom. The molecule has 0 aliphatic rings. The zero-order chi connectivity index (χ0) is 22.9. The van der Waals surface area contributed by atoms with Gasteiger partial charge in [-0.1, -0.05) is 36.2 Å². The lowest BCUT2D eigenvalue weighted by molar-refractivity contribution is 0.0955. The summed E-state index contributed by atoms with van der Waals surface area (Å²) in [4.78, 5) is 12.2. The minimum atomic E-state index is -0.304. The second-order valence-electron chi connectivity index (χ2n) is 6.79. The molecule has 0 saturated heterocycles. The molecule has 0 aliphatic heterocycles. The van der Waals surface area contributed by atoms with Crippen LogP contribution in [0.4, 0.5) is 0 Å². The second kappa shape index (κ2) is 11.9. The van der Waals surface area contributed by atoms with E-state index in [1.807, 2.05) is 31.2 Å². The zero-order valence-corrected chi connectivity index (χ0v) is 20.4. The van der Waals surface area contributed by atoms with Crippen LogP contribution in [0.25, 0.3) is 0 Å². The average molecular weight is 536 g/mol. The molecular formula is C24H21BrCl2N2O3. The van der Waals surface area contributed by atoms with E-state index in [4.69, 9.17) is 32.7 Å². The van der Waals surface area contributed by atoms with E-state index in [0.717, 1.165) is 27.8 Å². The maximum atomic E-state index is 12.2. The van der Waals surface area contributed by atoms with E-state index in [-0.39, 0.29) is 5.91 Å². The van der Waals surface area contributed by atoms with Gasteiger partial charge in [0, 0.05) is 21.2 Å². The zero-order valence-electron chi connectivity index (χ0n) is 17.3. The van der Waals surface area contributed by atoms with Gasteiger partial charge in [0.1, 0.15) is 18.1 Å². The van der Waals surface area contributed by atoms with Gasteiger partial charge in [0.15, 0.2) is 0 Å². The summed E-state index contributed by atoms with van der Waals surface area (Å²) in [5.74, 6) is 1.09. The van der Waals surface area contributed by atoms with E-state index in [0.29, 0.717) is 34.6 Å². The molecule has 3 rings (SSSR count). The molecule has 0 bridgehead atoms. The largest absolute Gasteiger partial charge is 0.494 e. The van der Waals surface area contributed by atoms with Gasteiger partial charge in [-0.3, -0.25) is 4.79 Å². The number of hydrogen-bond donors (Lipinski definition) is 1. The highest BCUT2D eigenvalue weighted by atomic mass is 79.9. The summed E-state index contributed by atoms with van der Waals surface area (Å²) < 4.78 is 12.1. The van der Waals surface area contributed by atoms with Crippen molar-refractivity contribution in [2.24, 2.45) is 5.10 Å². The highest BCUT2D eigenvalue weighted by molar-refractivity contribution is 9.10. The molecule has 0 aliphatic carbocycles. The summed E-state index contributed by atoms with van der Waals surface area (Å²) in [5.41, 5.74) is 4.64. The summed E-state index contributed by atoms with van der Waals surface area (Å²) in [6.45, 7) is 2.99. The number of rotatable bonds is 9. The van der Waals surface area contributed by atoms with Crippen molar-refractivity contribution < 1.29 is 14.3 Å². The normalized spacial score (nSPS) is 10.9. The Kier molecular flexibility index (Phi) is 8.97. The summed E-state index contributed by atoms with van der Waals surface area (Å²) in [5, 5.41) is 5.16. The molecule has 166 valence electrons. The van der Waals surface area contributed by atoms with Gasteiger partial charge in [-0.2, -0.15) is 5.10 Å². The van der Waals surface area contributed by atoms with Crippen molar-refractivity contribution in [1.82, 2.24) is 5.43 Å². The second-order valence-corrected chi connectivity index (χ2v) is 8.48. The van der Waals surface area contributed by atoms with Crippen molar-refractivity contribution >= 4 is 51.3 Å². The molecule has 0 heterocycles. The average Bonchev–Trinajstić information content (AvgIpc) is 2.78. The SMILES string of the molecule is CCCOc1ccc(C(=O)N/N=C\c2ccc(OCc3ccc(Cl)cc3Cl)c(Br)c2)cc1. The fraction of sp³-hybridized carbons (Fsp3) is 0.167. The summed E-state index contributed by atoms with van der Waals surface area (Å²) in [6, 6.07) is 17.7. The standard InChI is InChI=1S/C24H21BrCl2N2O3/c1-2-11-31-20-8-5-17(6-9-20)24(30)29-28-14-16-3-10-23(21(25)12-16)32-15-18-4-7-19(26)13-22(18)27/h3-10,12-14H,2,11,15H2,1H3,(H,29,30)/b28-14-. The van der Waals surface area contributed by atoms with Gasteiger partial charge < -0.3 is 9.47 Å². The highest BCUT2D eigenvalue weighted by Crippen LogP contribution is 2.28. The monoisotopic (exact) mass is 534 g/mol. The maximum absolute atomic E-state index is 12.2. The molecule has 3 aromatic rings. The number of hydrazone groups is 1. The summed E-state index contributed by atoms with van der Waals surface area (Å²) in [7, 11) is 0. The van der Waals surface area contributed by atoms with Crippen LogP contribution in [0.5, 0.6) is 11.5 Å². The van der Waals surface area contributed by atoms with Gasteiger partial charge in [-0.25, -0.2) is 5.43 Å². The number of benzene rings is 3. The van der Waals surface area contributed by atoms with Crippen LogP contribution in [0.15, 0.2) is 70.2 Å². The predicted molar refractivity (Wildman–Crippen MR) is 132 cm³/mol. The molecule has 0 unspecified atom stereocenters. The lowest BCUT2D eigenvalue weighted by Gasteiger charge is -2.10. The number of ether oxygens (including phenoxy) is 2. The molecule has 0 fully saturated rings. The van der Waals surface area contributed by atoms with Crippen molar-refractivity contribution in [2.75, 3.05) is 6.61 Å². The van der Waals surface area contributed by atoms with Crippen LogP contribution < -0.4 is 14.9 Å². The molecule has 32 heavy (non-hydrogen) atoms. The molecule has 5 nitrogen and oxygen atoms in total. The number of nitrogens with one attached hydrogen (secondary N) is 1. The van der Waals surface area contributed by atoms with Crippen molar-refractivity contribution in [2.45, 2.75) is 20.0 Å². The molecule has 1 amide bonds. The van der Waals surface area contributed by atoms with Crippen LogP contribution in [0.1, 0.15) is 34.8 Å². The Labute approximate surface area is 205 Å². The van der Waals surface area contributed by atoms with Crippen LogP contribution in [0, 0.1) is 0 Å². The smallest absolute Gasteiger partial charge is 0.271 e. The number of amides is 1. The van der Waals surface area contributed by atoms with Gasteiger partial charge in [0.05, 0.1) is 17.3 Å². The molecular weight excluding hydrogens is 515 g/mol. The highest BCUT2D eigenvalue weighted by Gasteiger charge is 2.07. The predicted octanol–water partition coefficient (Wildman–Crippen LogP) is 6.89. The molecule has 1 N–H and O–H groups in total. The van der Waals surface area contributed by atoms with Crippen LogP contribution in [0.2, 0.25) is 10.0 Å². The third-order valence-corrected chi connectivity index (χ3v) is 5.53. The van der Waals surface area contributed by atoms with Crippen LogP contribution in [0.3, 0.4) is 0 Å². The fourth-order valence-corrected chi connectivity index (χ4v) is 3.64. The Bertz CT molecular complexity index is 1100. The number of halogens is 3. The quantitative estimate of drug-likeness (QED) is 0.240. The lowest BCUT2D eigenvalue weighted by Crippen LogP contribution is -2.17. The molecule has 0 spiro atoms. The molecule has 8 heteroatoms. The minimum Gasteiger partial charge on any atom is -0.494 e. The Morgan fingerprint density at radius 1 is 1.06 bits per heavy atom. The van der Waals surface area contributed by atoms with Gasteiger partial charge in [0.2, 0.25) is 0 Å². The first kappa shape index (κ1) is 24.1. The molecule has 0 saturated carbocycles. The number of carbonyl (C=O) groups is 1. The van der Waals surface area contributed by atoms with E-state index in [1.165, 1.54) is 0 Å². The van der Waals surface area contributed by atoms with Crippen molar-refractivity contribution in [3.05, 3.63) is 91.9 Å². The fourth-order valence-electron chi connectivity index (χ4n) is 2.66. The van der Waals surface area contributed by atoms with E-state index < -0.39 is 0 Å². The summed E-state index contributed by atoms with van der Waals surface area (Å²) in [6.07, 6.45) is 2.48. The first-order valence-corrected chi connectivity index (χ1v) is 11.4. The minimum absolute atomic E-state index is 0.304. The van der Waals surface area contributed by atoms with Gasteiger partial charge in [0.25, 0.3) is 5.91 Å². The third kappa shape index (κ3) is 6.99. The number of carbonyl (C=O) groups excluding carboxylic acids is 1. The number of hydrogen-bond acceptors (Lipinski definition) is 4. The Morgan fingerprint density at radius 3 is 2.53 bits per heavy atom. The molecule has 3 aromatic carbocycles. The van der Waals surface area contributed by atoms with Gasteiger partial charge in [-0.15, -0.1) is 0 Å². The lowest BCUT2D eigenvalue weighted by atomic mass is 10.2. The Hall–Kier alpha value is -2.54. The summed E-state index contributed by atoms with van der Waals surface area (Å²) >= 11 is 15.6. The molecule has 0 aromatic heterocycles. The van der Waals surface area contributed by atoms with Crippen LogP contribution in [-0.2, 0) is 6.61 Å². The van der Waals surface area contributed by atoms with E-state index >= 15 is 0 Å². The molecule has 0 radical (unpaired) electrons. The first-order valence-electron chi connectivity index (χ1n) is 9.89. The van der Waals surface area contributed by atoms with E-state index in [2.05, 4.69) is 26.5 Å². The van der Waals surface area contributed by atoms with Crippen molar-refractivity contribution in [3.63, 3.8) is 0 Å². The Balaban J connectivity index is 1.54. The van der Waals surface area contributed by atoms with Crippen LogP contribution in [-0.4, -0.2) is 18.7 Å². The maximum Gasteiger partial charge on any atom is 0.271 e. The van der Waals surface area contributed by atoms with Crippen molar-refractivity contribution in [3.8, 4) is 11.5 Å². The number of nitrogens with zero attached hydrogens (tertiary/aromatic N) is 1.